The third-order valence-electron chi connectivity index (χ3n) is 7.27. The van der Waals surface area contributed by atoms with E-state index in [1.165, 1.54) is 5.56 Å². The van der Waals surface area contributed by atoms with Gasteiger partial charge in [0.25, 0.3) is 0 Å². The molecular weight excluding hydrogens is 390 g/mol. The van der Waals surface area contributed by atoms with Gasteiger partial charge in [-0.2, -0.15) is 0 Å². The molecule has 7 heteroatoms. The summed E-state index contributed by atoms with van der Waals surface area (Å²) in [6.45, 7) is 7.57. The van der Waals surface area contributed by atoms with Crippen LogP contribution >= 0.6 is 0 Å². The van der Waals surface area contributed by atoms with Crippen LogP contribution in [0.4, 0.5) is 0 Å². The van der Waals surface area contributed by atoms with Crippen molar-refractivity contribution in [3.8, 4) is 11.8 Å². The van der Waals surface area contributed by atoms with E-state index in [0.717, 1.165) is 64.4 Å². The van der Waals surface area contributed by atoms with Crippen LogP contribution in [-0.4, -0.2) is 88.2 Å². The van der Waals surface area contributed by atoms with Crippen LogP contribution in [0.2, 0.25) is 0 Å². The third-order valence-corrected chi connectivity index (χ3v) is 7.27. The van der Waals surface area contributed by atoms with Crippen LogP contribution in [0.15, 0.2) is 42.7 Å². The largest absolute Gasteiger partial charge is 0.424 e. The van der Waals surface area contributed by atoms with Crippen molar-refractivity contribution in [1.29, 1.82) is 0 Å². The average molecular weight is 424 g/mol. The number of aliphatic hydroxyl groups excluding tert-OH is 1. The Kier molecular flexibility index (Phi) is 6.18. The Balaban J connectivity index is 1.15. The zero-order valence-electron chi connectivity index (χ0n) is 18.3. The Labute approximate surface area is 184 Å². The van der Waals surface area contributed by atoms with Gasteiger partial charge in [-0.3, -0.25) is 9.80 Å². The number of rotatable bonds is 5. The number of piperazine rings is 1. The van der Waals surface area contributed by atoms with Gasteiger partial charge in [0, 0.05) is 64.2 Å². The summed E-state index contributed by atoms with van der Waals surface area (Å²) in [7, 11) is 2.19. The lowest BCUT2D eigenvalue weighted by molar-refractivity contribution is -0.0249. The summed E-state index contributed by atoms with van der Waals surface area (Å²) in [4.78, 5) is 15.7. The number of ether oxygens (including phenoxy) is 1. The van der Waals surface area contributed by atoms with Gasteiger partial charge >= 0.3 is 6.01 Å². The van der Waals surface area contributed by atoms with Crippen molar-refractivity contribution in [2.75, 3.05) is 46.3 Å². The fraction of sp³-hybridized carbons (Fsp3) is 0.583. The molecule has 1 aliphatic carbocycles. The predicted molar refractivity (Wildman–Crippen MR) is 119 cm³/mol. The van der Waals surface area contributed by atoms with Crippen molar-refractivity contribution < 1.29 is 9.84 Å². The Hall–Kier alpha value is -2.06. The van der Waals surface area contributed by atoms with Gasteiger partial charge in [-0.1, -0.05) is 12.1 Å². The molecule has 0 amide bonds. The third kappa shape index (κ3) is 4.90. The van der Waals surface area contributed by atoms with Crippen molar-refractivity contribution >= 4 is 0 Å². The lowest BCUT2D eigenvalue weighted by atomic mass is 9.77. The first-order chi connectivity index (χ1) is 15.1. The second-order valence-corrected chi connectivity index (χ2v) is 9.44. The minimum absolute atomic E-state index is 0.179. The molecule has 3 heterocycles. The molecule has 0 unspecified atom stereocenters. The van der Waals surface area contributed by atoms with E-state index < -0.39 is 0 Å². The van der Waals surface area contributed by atoms with Crippen LogP contribution in [0.3, 0.4) is 0 Å². The minimum Gasteiger partial charge on any atom is -0.424 e. The van der Waals surface area contributed by atoms with E-state index in [1.54, 1.807) is 18.5 Å². The second kappa shape index (κ2) is 9.20. The maximum absolute atomic E-state index is 10.9. The normalized spacial score (nSPS) is 30.3. The summed E-state index contributed by atoms with van der Waals surface area (Å²) in [6.07, 6.45) is 5.25. The number of nitrogens with zero attached hydrogens (tertiary/aromatic N) is 5. The summed E-state index contributed by atoms with van der Waals surface area (Å²) >= 11 is 0. The molecule has 1 saturated carbocycles. The number of aromatic nitrogens is 2. The first-order valence-electron chi connectivity index (χ1n) is 11.5. The van der Waals surface area contributed by atoms with Crippen LogP contribution in [0.5, 0.6) is 11.8 Å². The quantitative estimate of drug-likeness (QED) is 0.790. The highest BCUT2D eigenvalue weighted by atomic mass is 16.5. The highest BCUT2D eigenvalue weighted by Gasteiger charge is 2.43. The number of hydrogen-bond acceptors (Lipinski definition) is 7. The van der Waals surface area contributed by atoms with E-state index in [-0.39, 0.29) is 6.10 Å². The molecule has 7 nitrogen and oxygen atoms in total. The molecule has 1 N–H and O–H groups in total. The van der Waals surface area contributed by atoms with Crippen LogP contribution in [0.25, 0.3) is 0 Å². The number of likely N-dealkylation sites (N-methyl/N-ethyl adjacent to an activating group) is 1. The van der Waals surface area contributed by atoms with E-state index in [4.69, 9.17) is 4.74 Å². The summed E-state index contributed by atoms with van der Waals surface area (Å²) in [5.74, 6) is 2.07. The second-order valence-electron chi connectivity index (χ2n) is 9.44. The standard InChI is InChI=1S/C24H33N5O2/c1-27-9-11-29(12-10-27)22-13-19-16-28(17-20(19)14-23(22)30)15-18-3-5-21(6-4-18)31-24-25-7-2-8-26-24/h2-8,19-20,22-23,30H,9-17H2,1H3/t19-,20+,22-,23-/m1/s1. The first-order valence-corrected chi connectivity index (χ1v) is 11.5. The Morgan fingerprint density at radius 3 is 2.35 bits per heavy atom. The molecule has 5 rings (SSSR count). The Morgan fingerprint density at radius 2 is 1.65 bits per heavy atom. The smallest absolute Gasteiger partial charge is 0.321 e. The van der Waals surface area contributed by atoms with Gasteiger partial charge in [0.1, 0.15) is 5.75 Å². The van der Waals surface area contributed by atoms with Crippen molar-refractivity contribution in [3.05, 3.63) is 48.3 Å². The van der Waals surface area contributed by atoms with E-state index in [1.807, 2.05) is 12.1 Å². The maximum Gasteiger partial charge on any atom is 0.321 e. The van der Waals surface area contributed by atoms with Gasteiger partial charge in [-0.15, -0.1) is 0 Å². The summed E-state index contributed by atoms with van der Waals surface area (Å²) in [5.41, 5.74) is 1.29. The SMILES string of the molecule is CN1CCN([C@@H]2C[C@@H]3CN(Cc4ccc(Oc5ncccn5)cc4)C[C@@H]3C[C@H]2O)CC1. The molecule has 0 radical (unpaired) electrons. The highest BCUT2D eigenvalue weighted by Crippen LogP contribution is 2.39. The highest BCUT2D eigenvalue weighted by molar-refractivity contribution is 5.29. The fourth-order valence-corrected chi connectivity index (χ4v) is 5.54. The predicted octanol–water partition coefficient (Wildman–Crippen LogP) is 2.09. The van der Waals surface area contributed by atoms with Gasteiger partial charge in [0.05, 0.1) is 6.10 Å². The molecule has 2 saturated heterocycles. The molecule has 3 aliphatic rings. The molecular formula is C24H33N5O2. The molecule has 2 aliphatic heterocycles. The Morgan fingerprint density at radius 1 is 0.968 bits per heavy atom. The fourth-order valence-electron chi connectivity index (χ4n) is 5.54. The molecule has 31 heavy (non-hydrogen) atoms. The number of fused-ring (bicyclic) bond motifs is 1. The minimum atomic E-state index is -0.179. The molecule has 0 bridgehead atoms. The van der Waals surface area contributed by atoms with E-state index in [9.17, 15) is 5.11 Å². The van der Waals surface area contributed by atoms with E-state index in [2.05, 4.69) is 43.8 Å². The van der Waals surface area contributed by atoms with Crippen LogP contribution in [0.1, 0.15) is 18.4 Å². The van der Waals surface area contributed by atoms with Gasteiger partial charge in [0.15, 0.2) is 0 Å². The number of aliphatic hydroxyl groups is 1. The lowest BCUT2D eigenvalue weighted by Gasteiger charge is -2.44. The average Bonchev–Trinajstić information content (AvgIpc) is 3.17. The van der Waals surface area contributed by atoms with Crippen molar-refractivity contribution in [2.24, 2.45) is 11.8 Å². The number of hydrogen-bond donors (Lipinski definition) is 1. The van der Waals surface area contributed by atoms with Crippen LogP contribution in [-0.2, 0) is 6.54 Å². The van der Waals surface area contributed by atoms with E-state index >= 15 is 0 Å². The summed E-state index contributed by atoms with van der Waals surface area (Å²) in [5, 5.41) is 10.9. The molecule has 1 aromatic heterocycles. The zero-order valence-corrected chi connectivity index (χ0v) is 18.3. The molecule has 0 spiro atoms. The van der Waals surface area contributed by atoms with Gasteiger partial charge < -0.3 is 14.7 Å². The summed E-state index contributed by atoms with van der Waals surface area (Å²) < 4.78 is 5.70. The Bertz CT molecular complexity index is 841. The van der Waals surface area contributed by atoms with E-state index in [0.29, 0.717) is 23.9 Å². The molecule has 1 aromatic carbocycles. The first kappa shape index (κ1) is 20.8. The van der Waals surface area contributed by atoms with Gasteiger partial charge in [-0.25, -0.2) is 9.97 Å². The van der Waals surface area contributed by atoms with Crippen LogP contribution < -0.4 is 4.74 Å². The molecule has 2 aromatic rings. The van der Waals surface area contributed by atoms with Gasteiger partial charge in [0.2, 0.25) is 0 Å². The number of likely N-dealkylation sites (tertiary alicyclic amines) is 1. The lowest BCUT2D eigenvalue weighted by Crippen LogP contribution is -2.55. The van der Waals surface area contributed by atoms with Crippen molar-refractivity contribution in [3.63, 3.8) is 0 Å². The van der Waals surface area contributed by atoms with Gasteiger partial charge in [-0.05, 0) is 55.5 Å². The molecule has 4 atom stereocenters. The van der Waals surface area contributed by atoms with Crippen molar-refractivity contribution in [2.45, 2.75) is 31.5 Å². The molecule has 3 fully saturated rings. The maximum atomic E-state index is 10.9. The number of benzene rings is 1. The van der Waals surface area contributed by atoms with Crippen molar-refractivity contribution in [1.82, 2.24) is 24.7 Å². The summed E-state index contributed by atoms with van der Waals surface area (Å²) in [6, 6.07) is 10.7. The van der Waals surface area contributed by atoms with Crippen LogP contribution in [0, 0.1) is 11.8 Å². The molecule has 166 valence electrons. The zero-order chi connectivity index (χ0) is 21.2. The monoisotopic (exact) mass is 423 g/mol. The topological polar surface area (TPSA) is 65.0 Å².